The first-order valence-electron chi connectivity index (χ1n) is 12.6. The van der Waals surface area contributed by atoms with Crippen LogP contribution in [0.4, 0.5) is 0 Å². The highest BCUT2D eigenvalue weighted by Crippen LogP contribution is 2.42. The van der Waals surface area contributed by atoms with Crippen molar-refractivity contribution in [2.75, 3.05) is 26.2 Å². The molecular formula is C28H28N6O2S. The molecule has 2 aliphatic rings. The Balaban J connectivity index is 1.12. The summed E-state index contributed by atoms with van der Waals surface area (Å²) in [4.78, 5) is 44.5. The molecule has 4 aromatic rings. The number of rotatable bonds is 4. The molecule has 0 atom stereocenters. The van der Waals surface area contributed by atoms with Crippen molar-refractivity contribution in [1.29, 1.82) is 0 Å². The Hall–Kier alpha value is -3.85. The Morgan fingerprint density at radius 1 is 0.919 bits per heavy atom. The number of likely N-dealkylation sites (tertiary alicyclic amines) is 2. The molecule has 0 unspecified atom stereocenters. The molecule has 9 heteroatoms. The van der Waals surface area contributed by atoms with Crippen LogP contribution in [-0.4, -0.2) is 67.3 Å². The van der Waals surface area contributed by atoms with Crippen molar-refractivity contribution < 1.29 is 9.59 Å². The first kappa shape index (κ1) is 23.5. The van der Waals surface area contributed by atoms with Gasteiger partial charge < -0.3 is 14.4 Å². The molecule has 8 nitrogen and oxygen atoms in total. The SMILES string of the molecule is Cc1nc(-c2cnccn2)sc1C(=O)N1CCC2(CCN(C(=O)c3ccccc3-n3cccc3)CC2)C1. The predicted octanol–water partition coefficient (Wildman–Crippen LogP) is 4.47. The summed E-state index contributed by atoms with van der Waals surface area (Å²) < 4.78 is 1.98. The van der Waals surface area contributed by atoms with Crippen LogP contribution in [0.1, 0.15) is 45.0 Å². The summed E-state index contributed by atoms with van der Waals surface area (Å²) in [7, 11) is 0. The number of aromatic nitrogens is 4. The van der Waals surface area contributed by atoms with E-state index in [1.807, 2.05) is 70.1 Å². The molecular weight excluding hydrogens is 484 g/mol. The van der Waals surface area contributed by atoms with Crippen LogP contribution >= 0.6 is 11.3 Å². The molecule has 1 aromatic carbocycles. The summed E-state index contributed by atoms with van der Waals surface area (Å²) >= 11 is 1.38. The third-order valence-electron chi connectivity index (χ3n) is 7.63. The van der Waals surface area contributed by atoms with Crippen molar-refractivity contribution in [3.8, 4) is 16.4 Å². The van der Waals surface area contributed by atoms with Gasteiger partial charge in [0.15, 0.2) is 0 Å². The van der Waals surface area contributed by atoms with Gasteiger partial charge in [-0.3, -0.25) is 19.6 Å². The van der Waals surface area contributed by atoms with Gasteiger partial charge in [-0.15, -0.1) is 11.3 Å². The minimum absolute atomic E-state index is 0.0428. The smallest absolute Gasteiger partial charge is 0.265 e. The summed E-state index contributed by atoms with van der Waals surface area (Å²) in [6, 6.07) is 11.7. The van der Waals surface area contributed by atoms with E-state index in [2.05, 4.69) is 15.0 Å². The van der Waals surface area contributed by atoms with E-state index in [1.165, 1.54) is 11.3 Å². The van der Waals surface area contributed by atoms with Gasteiger partial charge in [0.1, 0.15) is 15.6 Å². The van der Waals surface area contributed by atoms with Crippen LogP contribution < -0.4 is 0 Å². The largest absolute Gasteiger partial charge is 0.339 e. The summed E-state index contributed by atoms with van der Waals surface area (Å²) in [6.45, 7) is 4.76. The number of nitrogens with zero attached hydrogens (tertiary/aromatic N) is 6. The van der Waals surface area contributed by atoms with Crippen LogP contribution in [0, 0.1) is 12.3 Å². The summed E-state index contributed by atoms with van der Waals surface area (Å²) in [6.07, 6.45) is 11.6. The van der Waals surface area contributed by atoms with Crippen molar-refractivity contribution in [3.63, 3.8) is 0 Å². The third-order valence-corrected chi connectivity index (χ3v) is 8.79. The summed E-state index contributed by atoms with van der Waals surface area (Å²) in [5.74, 6) is 0.114. The fraction of sp³-hybridized carbons (Fsp3) is 0.321. The molecule has 1 spiro atoms. The van der Waals surface area contributed by atoms with E-state index in [0.29, 0.717) is 23.7 Å². The van der Waals surface area contributed by atoms with E-state index in [1.54, 1.807) is 18.6 Å². The normalized spacial score (nSPS) is 16.9. The molecule has 5 heterocycles. The third kappa shape index (κ3) is 4.44. The van der Waals surface area contributed by atoms with Gasteiger partial charge in [0, 0.05) is 51.0 Å². The highest BCUT2D eigenvalue weighted by atomic mass is 32.1. The van der Waals surface area contributed by atoms with Gasteiger partial charge in [-0.05, 0) is 55.9 Å². The number of carbonyl (C=O) groups excluding carboxylic acids is 2. The molecule has 0 bridgehead atoms. The predicted molar refractivity (Wildman–Crippen MR) is 142 cm³/mol. The number of hydrogen-bond donors (Lipinski definition) is 0. The second-order valence-electron chi connectivity index (χ2n) is 9.90. The van der Waals surface area contributed by atoms with Crippen molar-refractivity contribution in [1.82, 2.24) is 29.3 Å². The summed E-state index contributed by atoms with van der Waals surface area (Å²) in [5, 5.41) is 0.717. The highest BCUT2D eigenvalue weighted by Gasteiger charge is 2.43. The average molecular weight is 513 g/mol. The molecule has 0 saturated carbocycles. The molecule has 37 heavy (non-hydrogen) atoms. The van der Waals surface area contributed by atoms with Gasteiger partial charge in [0.25, 0.3) is 11.8 Å². The topological polar surface area (TPSA) is 84.2 Å². The number of thiazole rings is 1. The van der Waals surface area contributed by atoms with E-state index in [-0.39, 0.29) is 17.2 Å². The van der Waals surface area contributed by atoms with Crippen molar-refractivity contribution in [3.05, 3.63) is 83.5 Å². The van der Waals surface area contributed by atoms with Gasteiger partial charge in [-0.25, -0.2) is 4.98 Å². The molecule has 6 rings (SSSR count). The fourth-order valence-corrected chi connectivity index (χ4v) is 6.50. The molecule has 0 N–H and O–H groups in total. The van der Waals surface area contributed by atoms with Crippen molar-refractivity contribution in [2.24, 2.45) is 5.41 Å². The van der Waals surface area contributed by atoms with Gasteiger partial charge in [0.05, 0.1) is 23.1 Å². The van der Waals surface area contributed by atoms with Crippen LogP contribution in [-0.2, 0) is 0 Å². The number of benzene rings is 1. The molecule has 2 fully saturated rings. The lowest BCUT2D eigenvalue weighted by molar-refractivity contribution is 0.0566. The minimum Gasteiger partial charge on any atom is -0.339 e. The van der Waals surface area contributed by atoms with E-state index >= 15 is 0 Å². The molecule has 0 radical (unpaired) electrons. The first-order chi connectivity index (χ1) is 18.0. The van der Waals surface area contributed by atoms with E-state index in [4.69, 9.17) is 0 Å². The van der Waals surface area contributed by atoms with Crippen LogP contribution in [0.2, 0.25) is 0 Å². The number of hydrogen-bond acceptors (Lipinski definition) is 6. The molecule has 2 aliphatic heterocycles. The second-order valence-corrected chi connectivity index (χ2v) is 10.9. The Bertz CT molecular complexity index is 1420. The molecule has 2 saturated heterocycles. The maximum absolute atomic E-state index is 13.5. The van der Waals surface area contributed by atoms with Gasteiger partial charge >= 0.3 is 0 Å². The van der Waals surface area contributed by atoms with E-state index < -0.39 is 0 Å². The standard InChI is InChI=1S/C28H28N6O2S/c1-20-24(37-25(31-20)22-18-29-11-12-30-22)27(36)34-17-10-28(19-34)8-15-33(16-9-28)26(35)21-6-2-3-7-23(21)32-13-4-5-14-32/h2-7,11-14,18H,8-10,15-17,19H2,1H3. The Morgan fingerprint density at radius 2 is 1.65 bits per heavy atom. The summed E-state index contributed by atoms with van der Waals surface area (Å²) in [5.41, 5.74) is 3.11. The first-order valence-corrected chi connectivity index (χ1v) is 13.4. The van der Waals surface area contributed by atoms with Crippen LogP contribution in [0.3, 0.4) is 0 Å². The minimum atomic E-state index is 0.0428. The van der Waals surface area contributed by atoms with E-state index in [9.17, 15) is 9.59 Å². The van der Waals surface area contributed by atoms with Gasteiger partial charge in [-0.2, -0.15) is 0 Å². The lowest BCUT2D eigenvalue weighted by atomic mass is 9.77. The molecule has 188 valence electrons. The zero-order valence-electron chi connectivity index (χ0n) is 20.7. The van der Waals surface area contributed by atoms with Crippen LogP contribution in [0.25, 0.3) is 16.4 Å². The molecule has 0 aliphatic carbocycles. The fourth-order valence-electron chi connectivity index (χ4n) is 5.50. The van der Waals surface area contributed by atoms with Crippen LogP contribution in [0.15, 0.2) is 67.4 Å². The number of carbonyl (C=O) groups is 2. The quantitative estimate of drug-likeness (QED) is 0.403. The monoisotopic (exact) mass is 512 g/mol. The number of amides is 2. The lowest BCUT2D eigenvalue weighted by Gasteiger charge is -2.39. The highest BCUT2D eigenvalue weighted by molar-refractivity contribution is 7.17. The van der Waals surface area contributed by atoms with Gasteiger partial charge in [0.2, 0.25) is 0 Å². The number of aryl methyl sites for hydroxylation is 1. The molecule has 2 amide bonds. The zero-order chi connectivity index (χ0) is 25.4. The maximum Gasteiger partial charge on any atom is 0.265 e. The van der Waals surface area contributed by atoms with Crippen molar-refractivity contribution in [2.45, 2.75) is 26.2 Å². The average Bonchev–Trinajstić information content (AvgIpc) is 3.70. The Kier molecular flexibility index (Phi) is 6.08. The zero-order valence-corrected chi connectivity index (χ0v) is 21.5. The van der Waals surface area contributed by atoms with E-state index in [0.717, 1.165) is 54.3 Å². The number of para-hydroxylation sites is 1. The van der Waals surface area contributed by atoms with Gasteiger partial charge in [-0.1, -0.05) is 12.1 Å². The molecule has 3 aromatic heterocycles. The lowest BCUT2D eigenvalue weighted by Crippen LogP contribution is -2.44. The second kappa shape index (κ2) is 9.55. The Morgan fingerprint density at radius 3 is 2.38 bits per heavy atom. The van der Waals surface area contributed by atoms with Crippen LogP contribution in [0.5, 0.6) is 0 Å². The maximum atomic E-state index is 13.5. The van der Waals surface area contributed by atoms with Crippen molar-refractivity contribution >= 4 is 23.2 Å². The number of piperidine rings is 1. The Labute approximate surface area is 219 Å².